The topological polar surface area (TPSA) is 71.1 Å². The molecule has 156 valence electrons. The first kappa shape index (κ1) is 20.2. The van der Waals surface area contributed by atoms with Crippen LogP contribution in [-0.4, -0.2) is 25.5 Å². The van der Waals surface area contributed by atoms with Gasteiger partial charge < -0.3 is 18.9 Å². The Balaban J connectivity index is 1.37. The van der Waals surface area contributed by atoms with Crippen LogP contribution in [0, 0.1) is 0 Å². The Morgan fingerprint density at radius 3 is 2.61 bits per heavy atom. The summed E-state index contributed by atoms with van der Waals surface area (Å²) in [5, 5.41) is 0. The molecule has 0 spiro atoms. The minimum absolute atomic E-state index is 0.194. The molecule has 31 heavy (non-hydrogen) atoms. The van der Waals surface area contributed by atoms with Crippen LogP contribution in [0.2, 0.25) is 0 Å². The van der Waals surface area contributed by atoms with Crippen molar-refractivity contribution >= 4 is 17.8 Å². The van der Waals surface area contributed by atoms with E-state index in [1.807, 2.05) is 36.4 Å². The molecule has 0 aliphatic carbocycles. The number of Topliss-reactive ketones (excluding diaryl/α,β-unsaturated/α-hetero) is 1. The van der Waals surface area contributed by atoms with Gasteiger partial charge in [-0.05, 0) is 41.5 Å². The number of fused-ring (bicyclic) bond motifs is 1. The molecule has 0 radical (unpaired) electrons. The van der Waals surface area contributed by atoms with Gasteiger partial charge in [-0.25, -0.2) is 4.79 Å². The number of hydrogen-bond donors (Lipinski definition) is 0. The maximum absolute atomic E-state index is 12.6. The zero-order valence-corrected chi connectivity index (χ0v) is 16.9. The van der Waals surface area contributed by atoms with Crippen LogP contribution in [0.25, 0.3) is 6.08 Å². The molecule has 0 fully saturated rings. The summed E-state index contributed by atoms with van der Waals surface area (Å²) >= 11 is 0. The number of esters is 1. The summed E-state index contributed by atoms with van der Waals surface area (Å²) < 4.78 is 21.6. The van der Waals surface area contributed by atoms with E-state index < -0.39 is 5.97 Å². The molecule has 4 rings (SSSR count). The van der Waals surface area contributed by atoms with Gasteiger partial charge in [-0.1, -0.05) is 42.5 Å². The Labute approximate surface area is 179 Å². The molecule has 6 nitrogen and oxygen atoms in total. The molecule has 0 aromatic heterocycles. The summed E-state index contributed by atoms with van der Waals surface area (Å²) in [5.41, 5.74) is 2.10. The number of ether oxygens (including phenoxy) is 4. The second kappa shape index (κ2) is 9.17. The first-order valence-corrected chi connectivity index (χ1v) is 9.67. The molecule has 0 atom stereocenters. The van der Waals surface area contributed by atoms with Crippen LogP contribution in [0.4, 0.5) is 0 Å². The third-order valence-electron chi connectivity index (χ3n) is 4.63. The fraction of sp³-hybridized carbons (Fsp3) is 0.120. The van der Waals surface area contributed by atoms with Crippen LogP contribution >= 0.6 is 0 Å². The van der Waals surface area contributed by atoms with E-state index in [-0.39, 0.29) is 24.8 Å². The van der Waals surface area contributed by atoms with E-state index in [2.05, 4.69) is 0 Å². The Kier molecular flexibility index (Phi) is 5.98. The number of ketones is 1. The predicted molar refractivity (Wildman–Crippen MR) is 114 cm³/mol. The molecule has 0 bridgehead atoms. The van der Waals surface area contributed by atoms with Gasteiger partial charge >= 0.3 is 5.97 Å². The van der Waals surface area contributed by atoms with Crippen molar-refractivity contribution in [1.82, 2.24) is 0 Å². The third kappa shape index (κ3) is 4.93. The monoisotopic (exact) mass is 416 g/mol. The highest BCUT2D eigenvalue weighted by Gasteiger charge is 2.27. The second-order valence-electron chi connectivity index (χ2n) is 6.81. The van der Waals surface area contributed by atoms with E-state index >= 15 is 0 Å². The van der Waals surface area contributed by atoms with E-state index in [1.165, 1.54) is 0 Å². The number of methoxy groups -OCH3 is 1. The molecular formula is C25H20O6. The highest BCUT2D eigenvalue weighted by molar-refractivity contribution is 6.14. The van der Waals surface area contributed by atoms with Gasteiger partial charge in [0.05, 0.1) is 12.7 Å². The minimum Gasteiger partial charge on any atom is -0.497 e. The molecule has 6 heteroatoms. The SMILES string of the molecule is COc1ccc2c(c1)O/C(=C\c1cccc(OCC(=O)OCc3ccccc3)c1)C2=O. The van der Waals surface area contributed by atoms with Crippen LogP contribution in [0.15, 0.2) is 78.6 Å². The average molecular weight is 416 g/mol. The van der Waals surface area contributed by atoms with E-state index in [9.17, 15) is 9.59 Å². The maximum atomic E-state index is 12.6. The number of benzene rings is 3. The molecular weight excluding hydrogens is 396 g/mol. The zero-order valence-electron chi connectivity index (χ0n) is 16.9. The Morgan fingerprint density at radius 2 is 1.81 bits per heavy atom. The number of rotatable bonds is 7. The van der Waals surface area contributed by atoms with Crippen molar-refractivity contribution < 1.29 is 28.5 Å². The van der Waals surface area contributed by atoms with E-state index in [0.717, 1.165) is 5.56 Å². The van der Waals surface area contributed by atoms with Crippen molar-refractivity contribution in [2.75, 3.05) is 13.7 Å². The lowest BCUT2D eigenvalue weighted by Gasteiger charge is -2.08. The minimum atomic E-state index is -0.466. The van der Waals surface area contributed by atoms with Gasteiger partial charge in [0.2, 0.25) is 5.78 Å². The fourth-order valence-corrected chi connectivity index (χ4v) is 3.06. The molecule has 0 saturated heterocycles. The molecule has 1 heterocycles. The van der Waals surface area contributed by atoms with Crippen molar-refractivity contribution in [3.63, 3.8) is 0 Å². The first-order chi connectivity index (χ1) is 15.1. The molecule has 3 aromatic rings. The summed E-state index contributed by atoms with van der Waals surface area (Å²) in [6, 6.07) is 21.5. The highest BCUT2D eigenvalue weighted by atomic mass is 16.6. The van der Waals surface area contributed by atoms with Crippen LogP contribution in [0.1, 0.15) is 21.5 Å². The zero-order chi connectivity index (χ0) is 21.6. The van der Waals surface area contributed by atoms with E-state index in [4.69, 9.17) is 18.9 Å². The first-order valence-electron chi connectivity index (χ1n) is 9.67. The largest absolute Gasteiger partial charge is 0.497 e. The van der Waals surface area contributed by atoms with Gasteiger partial charge in [0.15, 0.2) is 12.4 Å². The highest BCUT2D eigenvalue weighted by Crippen LogP contribution is 2.34. The Morgan fingerprint density at radius 1 is 0.968 bits per heavy atom. The van der Waals surface area contributed by atoms with E-state index in [0.29, 0.717) is 28.4 Å². The van der Waals surface area contributed by atoms with E-state index in [1.54, 1.807) is 49.6 Å². The molecule has 0 amide bonds. The third-order valence-corrected chi connectivity index (χ3v) is 4.63. The molecule has 0 N–H and O–H groups in total. The average Bonchev–Trinajstić information content (AvgIpc) is 3.11. The Bertz CT molecular complexity index is 1130. The fourth-order valence-electron chi connectivity index (χ4n) is 3.06. The van der Waals surface area contributed by atoms with Crippen molar-refractivity contribution in [1.29, 1.82) is 0 Å². The summed E-state index contributed by atoms with van der Waals surface area (Å²) in [5.74, 6) is 1.10. The normalized spacial score (nSPS) is 13.5. The molecule has 1 aliphatic heterocycles. The van der Waals surface area contributed by atoms with Crippen LogP contribution in [-0.2, 0) is 16.1 Å². The van der Waals surface area contributed by atoms with Gasteiger partial charge in [-0.2, -0.15) is 0 Å². The van der Waals surface area contributed by atoms with Crippen molar-refractivity contribution in [3.8, 4) is 17.2 Å². The summed E-state index contributed by atoms with van der Waals surface area (Å²) in [7, 11) is 1.55. The van der Waals surface area contributed by atoms with Gasteiger partial charge in [0.1, 0.15) is 23.9 Å². The van der Waals surface area contributed by atoms with Crippen molar-refractivity contribution in [2.24, 2.45) is 0 Å². The molecule has 1 aliphatic rings. The van der Waals surface area contributed by atoms with Gasteiger partial charge in [0.25, 0.3) is 0 Å². The van der Waals surface area contributed by atoms with Crippen molar-refractivity contribution in [2.45, 2.75) is 6.61 Å². The lowest BCUT2D eigenvalue weighted by atomic mass is 10.1. The smallest absolute Gasteiger partial charge is 0.344 e. The molecule has 0 unspecified atom stereocenters. The number of allylic oxidation sites excluding steroid dienone is 1. The summed E-state index contributed by atoms with van der Waals surface area (Å²) in [4.78, 5) is 24.5. The quantitative estimate of drug-likeness (QED) is 0.419. The number of carbonyl (C=O) groups is 2. The lowest BCUT2D eigenvalue weighted by Crippen LogP contribution is -2.14. The second-order valence-corrected chi connectivity index (χ2v) is 6.81. The lowest BCUT2D eigenvalue weighted by molar-refractivity contribution is -0.147. The van der Waals surface area contributed by atoms with Crippen molar-refractivity contribution in [3.05, 3.63) is 95.2 Å². The number of carbonyl (C=O) groups excluding carboxylic acids is 2. The van der Waals surface area contributed by atoms with Gasteiger partial charge in [-0.15, -0.1) is 0 Å². The van der Waals surface area contributed by atoms with Crippen LogP contribution in [0.3, 0.4) is 0 Å². The summed E-state index contributed by atoms with van der Waals surface area (Å²) in [6.45, 7) is -0.0203. The van der Waals surface area contributed by atoms with Gasteiger partial charge in [0, 0.05) is 6.07 Å². The van der Waals surface area contributed by atoms with Gasteiger partial charge in [-0.3, -0.25) is 4.79 Å². The van der Waals surface area contributed by atoms with Crippen LogP contribution < -0.4 is 14.2 Å². The predicted octanol–water partition coefficient (Wildman–Crippen LogP) is 4.43. The maximum Gasteiger partial charge on any atom is 0.344 e. The summed E-state index contributed by atoms with van der Waals surface area (Å²) in [6.07, 6.45) is 1.63. The molecule has 0 saturated carbocycles. The Hall–Kier alpha value is -4.06. The number of hydrogen-bond acceptors (Lipinski definition) is 6. The standard InChI is InChI=1S/C25H20O6/c1-28-19-10-11-21-22(14-19)31-23(25(21)27)13-18-8-5-9-20(12-18)29-16-24(26)30-15-17-6-3-2-4-7-17/h2-14H,15-16H2,1H3/b23-13-. The molecule has 3 aromatic carbocycles. The van der Waals surface area contributed by atoms with Crippen LogP contribution in [0.5, 0.6) is 17.2 Å².